The average Bonchev–Trinajstić information content (AvgIpc) is 2.34. The Bertz CT molecular complexity index is 205. The van der Waals surface area contributed by atoms with Crippen LogP contribution in [0.2, 0.25) is 0 Å². The molecule has 1 heterocycles. The van der Waals surface area contributed by atoms with E-state index in [0.717, 1.165) is 0 Å². The quantitative estimate of drug-likeness (QED) is 0.559. The molecular weight excluding hydrogens is 118 g/mol. The molecule has 0 radical (unpaired) electrons. The highest BCUT2D eigenvalue weighted by Gasteiger charge is 1.92. The van der Waals surface area contributed by atoms with Crippen LogP contribution in [-0.2, 0) is 6.61 Å². The van der Waals surface area contributed by atoms with Gasteiger partial charge < -0.3 is 10.1 Å². The van der Waals surface area contributed by atoms with Gasteiger partial charge in [-0.05, 0) is 12.1 Å². The number of hydrogen-bond donors (Lipinski definition) is 2. The second-order valence-corrected chi connectivity index (χ2v) is 1.71. The highest BCUT2D eigenvalue weighted by Crippen LogP contribution is 1.97. The monoisotopic (exact) mass is 125 g/mol. The molecule has 0 aliphatic carbocycles. The second-order valence-electron chi connectivity index (χ2n) is 1.71. The predicted octanol–water partition coefficient (Wildman–Crippen LogP) is 0.320. The van der Waals surface area contributed by atoms with Crippen molar-refractivity contribution in [2.45, 2.75) is 6.61 Å². The number of carbonyl (C=O) groups is 1. The standard InChI is InChI=1S/C6H7NO2/c8-3-5-1-2-6(4-9)7-5/h1-3,7,9H,4H2. The predicted molar refractivity (Wildman–Crippen MR) is 32.1 cm³/mol. The summed E-state index contributed by atoms with van der Waals surface area (Å²) in [5.74, 6) is 0. The van der Waals surface area contributed by atoms with Crippen LogP contribution < -0.4 is 0 Å². The molecule has 1 rings (SSSR count). The Balaban J connectivity index is 2.86. The molecule has 0 unspecified atom stereocenters. The van der Waals surface area contributed by atoms with Gasteiger partial charge >= 0.3 is 0 Å². The van der Waals surface area contributed by atoms with Crippen LogP contribution in [0.25, 0.3) is 0 Å². The third kappa shape index (κ3) is 1.17. The van der Waals surface area contributed by atoms with E-state index in [4.69, 9.17) is 5.11 Å². The molecule has 2 N–H and O–H groups in total. The molecule has 0 aromatic carbocycles. The normalized spacial score (nSPS) is 9.44. The summed E-state index contributed by atoms with van der Waals surface area (Å²) in [6, 6.07) is 3.29. The zero-order chi connectivity index (χ0) is 6.69. The third-order valence-electron chi connectivity index (χ3n) is 1.07. The smallest absolute Gasteiger partial charge is 0.166 e. The Morgan fingerprint density at radius 1 is 1.67 bits per heavy atom. The van der Waals surface area contributed by atoms with E-state index in [9.17, 15) is 4.79 Å². The van der Waals surface area contributed by atoms with Crippen LogP contribution in [0.15, 0.2) is 12.1 Å². The molecule has 1 aromatic heterocycles. The molecule has 0 fully saturated rings. The first-order valence-corrected chi connectivity index (χ1v) is 2.60. The largest absolute Gasteiger partial charge is 0.390 e. The fraction of sp³-hybridized carbons (Fsp3) is 0.167. The first kappa shape index (κ1) is 6.04. The van der Waals surface area contributed by atoms with Gasteiger partial charge in [0, 0.05) is 5.69 Å². The zero-order valence-electron chi connectivity index (χ0n) is 4.79. The Morgan fingerprint density at radius 3 is 2.78 bits per heavy atom. The minimum atomic E-state index is -0.0478. The van der Waals surface area contributed by atoms with Crippen molar-refractivity contribution < 1.29 is 9.90 Å². The number of carbonyl (C=O) groups excluding carboxylic acids is 1. The SMILES string of the molecule is O=Cc1ccc(CO)[nH]1. The second kappa shape index (κ2) is 2.46. The third-order valence-corrected chi connectivity index (χ3v) is 1.07. The van der Waals surface area contributed by atoms with E-state index in [1.807, 2.05) is 0 Å². The summed E-state index contributed by atoms with van der Waals surface area (Å²) in [6.07, 6.45) is 0.707. The molecule has 0 aliphatic heterocycles. The van der Waals surface area contributed by atoms with Gasteiger partial charge in [-0.15, -0.1) is 0 Å². The lowest BCUT2D eigenvalue weighted by Gasteiger charge is -1.83. The first-order chi connectivity index (χ1) is 4.36. The lowest BCUT2D eigenvalue weighted by Crippen LogP contribution is -1.83. The van der Waals surface area contributed by atoms with Gasteiger partial charge in [0.15, 0.2) is 6.29 Å². The molecule has 0 saturated heterocycles. The van der Waals surface area contributed by atoms with Crippen LogP contribution in [0.4, 0.5) is 0 Å². The molecule has 9 heavy (non-hydrogen) atoms. The van der Waals surface area contributed by atoms with Crippen LogP contribution >= 0.6 is 0 Å². The maximum Gasteiger partial charge on any atom is 0.166 e. The van der Waals surface area contributed by atoms with Crippen LogP contribution in [0.5, 0.6) is 0 Å². The highest BCUT2D eigenvalue weighted by atomic mass is 16.3. The molecule has 0 atom stereocenters. The van der Waals surface area contributed by atoms with Gasteiger partial charge in [-0.2, -0.15) is 0 Å². The number of aliphatic hydroxyl groups is 1. The number of H-pyrrole nitrogens is 1. The van der Waals surface area contributed by atoms with Crippen molar-refractivity contribution in [2.75, 3.05) is 0 Å². The summed E-state index contributed by atoms with van der Waals surface area (Å²) in [5, 5.41) is 8.50. The Morgan fingerprint density at radius 2 is 2.44 bits per heavy atom. The molecule has 0 aliphatic rings. The minimum Gasteiger partial charge on any atom is -0.390 e. The molecule has 0 spiro atoms. The summed E-state index contributed by atoms with van der Waals surface area (Å²) in [5.41, 5.74) is 1.16. The van der Waals surface area contributed by atoms with E-state index in [-0.39, 0.29) is 6.61 Å². The molecular formula is C6H7NO2. The topological polar surface area (TPSA) is 53.1 Å². The van der Waals surface area contributed by atoms with Gasteiger partial charge in [0.25, 0.3) is 0 Å². The van der Waals surface area contributed by atoms with Crippen LogP contribution in [-0.4, -0.2) is 16.4 Å². The van der Waals surface area contributed by atoms with E-state index in [0.29, 0.717) is 17.7 Å². The van der Waals surface area contributed by atoms with Crippen molar-refractivity contribution in [3.05, 3.63) is 23.5 Å². The molecule has 0 saturated carbocycles. The number of hydrogen-bond acceptors (Lipinski definition) is 2. The summed E-state index contributed by atoms with van der Waals surface area (Å²) >= 11 is 0. The number of aromatic amines is 1. The van der Waals surface area contributed by atoms with E-state index in [2.05, 4.69) is 4.98 Å². The minimum absolute atomic E-state index is 0.0478. The van der Waals surface area contributed by atoms with Crippen molar-refractivity contribution in [3.8, 4) is 0 Å². The highest BCUT2D eigenvalue weighted by molar-refractivity contribution is 5.71. The van der Waals surface area contributed by atoms with Crippen molar-refractivity contribution in [3.63, 3.8) is 0 Å². The van der Waals surface area contributed by atoms with Crippen LogP contribution in [0.1, 0.15) is 16.2 Å². The van der Waals surface area contributed by atoms with Crippen molar-refractivity contribution in [1.82, 2.24) is 4.98 Å². The van der Waals surface area contributed by atoms with E-state index >= 15 is 0 Å². The van der Waals surface area contributed by atoms with Crippen molar-refractivity contribution in [2.24, 2.45) is 0 Å². The summed E-state index contributed by atoms with van der Waals surface area (Å²) in [4.78, 5) is 12.7. The van der Waals surface area contributed by atoms with E-state index in [1.165, 1.54) is 0 Å². The Hall–Kier alpha value is -1.09. The maximum absolute atomic E-state index is 10.0. The van der Waals surface area contributed by atoms with Gasteiger partial charge in [0.1, 0.15) is 0 Å². The number of rotatable bonds is 2. The molecule has 0 amide bonds. The molecule has 48 valence electrons. The van der Waals surface area contributed by atoms with Crippen LogP contribution in [0, 0.1) is 0 Å². The van der Waals surface area contributed by atoms with E-state index < -0.39 is 0 Å². The fourth-order valence-electron chi connectivity index (χ4n) is 0.620. The lowest BCUT2D eigenvalue weighted by atomic mass is 10.4. The molecule has 0 bridgehead atoms. The van der Waals surface area contributed by atoms with Crippen molar-refractivity contribution in [1.29, 1.82) is 0 Å². The summed E-state index contributed by atoms with van der Waals surface area (Å²) in [7, 11) is 0. The number of aliphatic hydroxyl groups excluding tert-OH is 1. The van der Waals surface area contributed by atoms with Gasteiger partial charge in [-0.25, -0.2) is 0 Å². The Kier molecular flexibility index (Phi) is 1.65. The van der Waals surface area contributed by atoms with Gasteiger partial charge in [0.05, 0.1) is 12.3 Å². The fourth-order valence-corrected chi connectivity index (χ4v) is 0.620. The van der Waals surface area contributed by atoms with Crippen molar-refractivity contribution >= 4 is 6.29 Å². The Labute approximate surface area is 52.3 Å². The van der Waals surface area contributed by atoms with Gasteiger partial charge in [-0.1, -0.05) is 0 Å². The van der Waals surface area contributed by atoms with Gasteiger partial charge in [-0.3, -0.25) is 4.79 Å². The van der Waals surface area contributed by atoms with E-state index in [1.54, 1.807) is 12.1 Å². The van der Waals surface area contributed by atoms with Gasteiger partial charge in [0.2, 0.25) is 0 Å². The molecule has 3 heteroatoms. The van der Waals surface area contributed by atoms with Crippen LogP contribution in [0.3, 0.4) is 0 Å². The number of aromatic nitrogens is 1. The average molecular weight is 125 g/mol. The molecule has 3 nitrogen and oxygen atoms in total. The number of aldehydes is 1. The summed E-state index contributed by atoms with van der Waals surface area (Å²) in [6.45, 7) is -0.0478. The zero-order valence-corrected chi connectivity index (χ0v) is 4.79. The summed E-state index contributed by atoms with van der Waals surface area (Å²) < 4.78 is 0. The lowest BCUT2D eigenvalue weighted by molar-refractivity contribution is 0.111. The maximum atomic E-state index is 10.0. The first-order valence-electron chi connectivity index (χ1n) is 2.60. The number of nitrogens with one attached hydrogen (secondary N) is 1. The molecule has 1 aromatic rings.